The van der Waals surface area contributed by atoms with Crippen LogP contribution >= 0.6 is 22.7 Å². The maximum atomic E-state index is 12.7. The molecule has 4 rings (SSSR count). The summed E-state index contributed by atoms with van der Waals surface area (Å²) < 4.78 is 0. The summed E-state index contributed by atoms with van der Waals surface area (Å²) >= 11 is 3.48. The van der Waals surface area contributed by atoms with Crippen LogP contribution in [-0.2, 0) is 24.2 Å². The third-order valence-corrected chi connectivity index (χ3v) is 7.38. The van der Waals surface area contributed by atoms with E-state index in [0.29, 0.717) is 24.5 Å². The first kappa shape index (κ1) is 20.4. The van der Waals surface area contributed by atoms with Gasteiger partial charge in [0.1, 0.15) is 10.8 Å². The van der Waals surface area contributed by atoms with Gasteiger partial charge in [0.05, 0.1) is 5.69 Å². The first-order valence-corrected chi connectivity index (χ1v) is 12.0. The molecule has 4 heterocycles. The van der Waals surface area contributed by atoms with Crippen LogP contribution < -0.4 is 5.32 Å². The number of thiazole rings is 1. The highest BCUT2D eigenvalue weighted by Crippen LogP contribution is 2.41. The lowest BCUT2D eigenvalue weighted by Crippen LogP contribution is -2.22. The van der Waals surface area contributed by atoms with Crippen LogP contribution in [0.5, 0.6) is 0 Å². The summed E-state index contributed by atoms with van der Waals surface area (Å²) in [4.78, 5) is 24.3. The molecule has 0 atom stereocenters. The standard InChI is InChI=1S/C23H27N3OS2/c1-15(2)4-3-5-17(27)12-20-22(18-8-11-25-13-21(18)29-20)23-26-19(14-28-23)16-6-9-24-10-7-16/h6-7,9-10,14-15,25H,3-5,8,11-13H2,1-2H3. The van der Waals surface area contributed by atoms with Crippen molar-refractivity contribution in [3.05, 3.63) is 45.2 Å². The average Bonchev–Trinajstić information content (AvgIpc) is 3.32. The lowest BCUT2D eigenvalue weighted by Gasteiger charge is -2.13. The third-order valence-electron chi connectivity index (χ3n) is 5.29. The zero-order chi connectivity index (χ0) is 20.2. The van der Waals surface area contributed by atoms with Crippen LogP contribution in [0.25, 0.3) is 21.8 Å². The van der Waals surface area contributed by atoms with Crippen LogP contribution in [-0.4, -0.2) is 22.3 Å². The van der Waals surface area contributed by atoms with E-state index < -0.39 is 0 Å². The van der Waals surface area contributed by atoms with Gasteiger partial charge in [0, 0.05) is 58.0 Å². The van der Waals surface area contributed by atoms with Gasteiger partial charge in [-0.2, -0.15) is 0 Å². The van der Waals surface area contributed by atoms with Crippen molar-refractivity contribution < 1.29 is 4.79 Å². The van der Waals surface area contributed by atoms with Gasteiger partial charge in [-0.1, -0.05) is 20.3 Å². The Morgan fingerprint density at radius 3 is 2.90 bits per heavy atom. The van der Waals surface area contributed by atoms with E-state index in [2.05, 4.69) is 29.5 Å². The number of carbonyl (C=O) groups excluding carboxylic acids is 1. The van der Waals surface area contributed by atoms with E-state index in [1.165, 1.54) is 20.9 Å². The predicted octanol–water partition coefficient (Wildman–Crippen LogP) is 5.52. The number of thiophene rings is 1. The van der Waals surface area contributed by atoms with E-state index in [9.17, 15) is 4.79 Å². The predicted molar refractivity (Wildman–Crippen MR) is 121 cm³/mol. The van der Waals surface area contributed by atoms with Crippen molar-refractivity contribution in [1.82, 2.24) is 15.3 Å². The van der Waals surface area contributed by atoms with Crippen molar-refractivity contribution in [3.63, 3.8) is 0 Å². The summed E-state index contributed by atoms with van der Waals surface area (Å²) in [7, 11) is 0. The van der Waals surface area contributed by atoms with E-state index in [1.807, 2.05) is 12.1 Å². The monoisotopic (exact) mass is 425 g/mol. The molecule has 152 valence electrons. The number of nitrogens with one attached hydrogen (secondary N) is 1. The Morgan fingerprint density at radius 2 is 2.10 bits per heavy atom. The molecular weight excluding hydrogens is 398 g/mol. The van der Waals surface area contributed by atoms with E-state index in [-0.39, 0.29) is 0 Å². The first-order chi connectivity index (χ1) is 14.1. The summed E-state index contributed by atoms with van der Waals surface area (Å²) in [5.41, 5.74) is 4.69. The summed E-state index contributed by atoms with van der Waals surface area (Å²) in [5, 5.41) is 6.62. The third kappa shape index (κ3) is 4.82. The van der Waals surface area contributed by atoms with Crippen LogP contribution in [0.2, 0.25) is 0 Å². The van der Waals surface area contributed by atoms with Gasteiger partial charge in [-0.25, -0.2) is 4.98 Å². The maximum absolute atomic E-state index is 12.7. The number of Topliss-reactive ketones (excluding diaryl/α,β-unsaturated/α-hetero) is 1. The topological polar surface area (TPSA) is 54.9 Å². The zero-order valence-corrected chi connectivity index (χ0v) is 18.7. The molecule has 3 aromatic rings. The number of rotatable bonds is 8. The van der Waals surface area contributed by atoms with Crippen LogP contribution in [0.15, 0.2) is 29.9 Å². The van der Waals surface area contributed by atoms with Crippen molar-refractivity contribution in [2.45, 2.75) is 52.5 Å². The molecule has 0 fully saturated rings. The molecular formula is C23H27N3OS2. The molecule has 4 nitrogen and oxygen atoms in total. The highest BCUT2D eigenvalue weighted by atomic mass is 32.1. The molecule has 0 amide bonds. The number of nitrogens with zero attached hydrogens (tertiary/aromatic N) is 2. The zero-order valence-electron chi connectivity index (χ0n) is 17.0. The molecule has 0 saturated heterocycles. The van der Waals surface area contributed by atoms with Crippen LogP contribution in [0, 0.1) is 5.92 Å². The maximum Gasteiger partial charge on any atom is 0.138 e. The largest absolute Gasteiger partial charge is 0.312 e. The molecule has 29 heavy (non-hydrogen) atoms. The van der Waals surface area contributed by atoms with E-state index >= 15 is 0 Å². The van der Waals surface area contributed by atoms with E-state index in [1.54, 1.807) is 35.1 Å². The van der Waals surface area contributed by atoms with Crippen molar-refractivity contribution in [2.24, 2.45) is 5.92 Å². The van der Waals surface area contributed by atoms with Crippen molar-refractivity contribution in [3.8, 4) is 21.8 Å². The molecule has 0 radical (unpaired) electrons. The molecule has 3 aromatic heterocycles. The highest BCUT2D eigenvalue weighted by Gasteiger charge is 2.24. The Labute approximate surface area is 180 Å². The second kappa shape index (κ2) is 9.28. The Hall–Kier alpha value is -1.89. The number of carbonyl (C=O) groups is 1. The number of pyridine rings is 1. The van der Waals surface area contributed by atoms with Gasteiger partial charge in [-0.05, 0) is 43.0 Å². The smallest absolute Gasteiger partial charge is 0.138 e. The summed E-state index contributed by atoms with van der Waals surface area (Å²) in [6, 6.07) is 3.98. The molecule has 0 spiro atoms. The minimum Gasteiger partial charge on any atom is -0.312 e. The van der Waals surface area contributed by atoms with Crippen LogP contribution in [0.3, 0.4) is 0 Å². The molecule has 0 unspecified atom stereocenters. The Kier molecular flexibility index (Phi) is 6.53. The number of fused-ring (bicyclic) bond motifs is 1. The van der Waals surface area contributed by atoms with Crippen molar-refractivity contribution in [1.29, 1.82) is 0 Å². The number of aromatic nitrogens is 2. The Balaban J connectivity index is 1.61. The van der Waals surface area contributed by atoms with Gasteiger partial charge in [0.15, 0.2) is 0 Å². The molecule has 0 aliphatic carbocycles. The average molecular weight is 426 g/mol. The fourth-order valence-electron chi connectivity index (χ4n) is 3.78. The fourth-order valence-corrected chi connectivity index (χ4v) is 6.13. The van der Waals surface area contributed by atoms with E-state index in [4.69, 9.17) is 4.98 Å². The number of hydrogen-bond donors (Lipinski definition) is 1. The first-order valence-electron chi connectivity index (χ1n) is 10.3. The quantitative estimate of drug-likeness (QED) is 0.516. The lowest BCUT2D eigenvalue weighted by atomic mass is 9.99. The normalized spacial score (nSPS) is 13.6. The minimum atomic E-state index is 0.351. The fraction of sp³-hybridized carbons (Fsp3) is 0.435. The Morgan fingerprint density at radius 1 is 1.28 bits per heavy atom. The van der Waals surface area contributed by atoms with Gasteiger partial charge in [-0.3, -0.25) is 9.78 Å². The molecule has 1 aliphatic heterocycles. The van der Waals surface area contributed by atoms with Gasteiger partial charge < -0.3 is 5.32 Å². The second-order valence-corrected chi connectivity index (χ2v) is 10.1. The van der Waals surface area contributed by atoms with Crippen LogP contribution in [0.1, 0.15) is 48.4 Å². The molecule has 0 bridgehead atoms. The van der Waals surface area contributed by atoms with Gasteiger partial charge in [0.2, 0.25) is 0 Å². The second-order valence-electron chi connectivity index (χ2n) is 8.00. The number of hydrogen-bond acceptors (Lipinski definition) is 6. The Bertz CT molecular complexity index is 975. The van der Waals surface area contributed by atoms with Gasteiger partial charge >= 0.3 is 0 Å². The van der Waals surface area contributed by atoms with Crippen molar-refractivity contribution >= 4 is 28.5 Å². The minimum absolute atomic E-state index is 0.351. The lowest BCUT2D eigenvalue weighted by molar-refractivity contribution is -0.118. The number of ketones is 1. The molecule has 0 aromatic carbocycles. The van der Waals surface area contributed by atoms with Crippen LogP contribution in [0.4, 0.5) is 0 Å². The summed E-state index contributed by atoms with van der Waals surface area (Å²) in [6.07, 6.45) is 7.93. The molecule has 6 heteroatoms. The summed E-state index contributed by atoms with van der Waals surface area (Å²) in [5.74, 6) is 1.00. The SMILES string of the molecule is CC(C)CCCC(=O)Cc1sc2c(c1-c1nc(-c3ccncc3)cs1)CCNC2. The van der Waals surface area contributed by atoms with E-state index in [0.717, 1.165) is 48.6 Å². The molecule has 0 saturated carbocycles. The molecule has 1 aliphatic rings. The van der Waals surface area contributed by atoms with Gasteiger partial charge in [-0.15, -0.1) is 22.7 Å². The molecule has 1 N–H and O–H groups in total. The van der Waals surface area contributed by atoms with Gasteiger partial charge in [0.25, 0.3) is 0 Å². The van der Waals surface area contributed by atoms with Crippen molar-refractivity contribution in [2.75, 3.05) is 6.54 Å². The summed E-state index contributed by atoms with van der Waals surface area (Å²) in [6.45, 7) is 6.32. The highest BCUT2D eigenvalue weighted by molar-refractivity contribution is 7.15.